The van der Waals surface area contributed by atoms with E-state index in [-0.39, 0.29) is 29.8 Å². The van der Waals surface area contributed by atoms with Crippen molar-refractivity contribution >= 4 is 26.8 Å². The van der Waals surface area contributed by atoms with Gasteiger partial charge in [0.05, 0.1) is 17.5 Å². The number of aryl methyl sites for hydroxylation is 1. The summed E-state index contributed by atoms with van der Waals surface area (Å²) in [5.41, 5.74) is 1.78. The number of methoxy groups -OCH3 is 1. The zero-order valence-electron chi connectivity index (χ0n) is 21.9. The number of aromatic nitrogens is 1. The van der Waals surface area contributed by atoms with Gasteiger partial charge in [-0.3, -0.25) is 9.78 Å². The van der Waals surface area contributed by atoms with Crippen LogP contribution in [0.15, 0.2) is 71.8 Å². The fourth-order valence-electron chi connectivity index (χ4n) is 4.62. The third-order valence-electron chi connectivity index (χ3n) is 6.89. The van der Waals surface area contributed by atoms with Crippen molar-refractivity contribution in [3.05, 3.63) is 78.2 Å². The smallest absolute Gasteiger partial charge is 0.243 e. The Labute approximate surface area is 218 Å². The van der Waals surface area contributed by atoms with Crippen molar-refractivity contribution in [3.63, 3.8) is 0 Å². The van der Waals surface area contributed by atoms with E-state index in [2.05, 4.69) is 11.6 Å². The number of pyridine rings is 1. The molecule has 3 aromatic rings. The molecule has 2 heterocycles. The molecule has 8 nitrogen and oxygen atoms in total. The molecule has 0 radical (unpaired) electrons. The average Bonchev–Trinajstić information content (AvgIpc) is 2.86. The van der Waals surface area contributed by atoms with E-state index >= 15 is 0 Å². The van der Waals surface area contributed by atoms with Crippen molar-refractivity contribution in [2.45, 2.75) is 37.8 Å². The molecule has 0 spiro atoms. The lowest BCUT2D eigenvalue weighted by Gasteiger charge is -2.54. The molecule has 1 saturated heterocycles. The molecular weight excluding hydrogens is 490 g/mol. The predicted octanol–water partition coefficient (Wildman–Crippen LogP) is 4.14. The molecule has 1 fully saturated rings. The lowest BCUT2D eigenvalue weighted by molar-refractivity contribution is -0.145. The molecule has 1 amide bonds. The van der Waals surface area contributed by atoms with E-state index < -0.39 is 15.6 Å². The number of amides is 1. The number of likely N-dealkylation sites (N-methyl/N-ethyl adjacent to an activating group) is 1. The molecule has 0 aliphatic carbocycles. The highest BCUT2D eigenvalue weighted by Crippen LogP contribution is 2.38. The van der Waals surface area contributed by atoms with Crippen molar-refractivity contribution in [1.29, 1.82) is 0 Å². The molecule has 0 bridgehead atoms. The van der Waals surface area contributed by atoms with E-state index in [0.717, 1.165) is 22.2 Å². The largest absolute Gasteiger partial charge is 0.500 e. The Morgan fingerprint density at radius 2 is 1.81 bits per heavy atom. The lowest BCUT2D eigenvalue weighted by Crippen LogP contribution is -2.72. The van der Waals surface area contributed by atoms with E-state index in [9.17, 15) is 13.2 Å². The number of rotatable bonds is 9. The molecule has 37 heavy (non-hydrogen) atoms. The minimum atomic E-state index is -3.91. The van der Waals surface area contributed by atoms with Crippen LogP contribution >= 0.6 is 0 Å². The molecule has 9 heteroatoms. The van der Waals surface area contributed by atoms with E-state index in [4.69, 9.17) is 9.47 Å². The van der Waals surface area contributed by atoms with Crippen LogP contribution in [0.25, 0.3) is 10.9 Å². The van der Waals surface area contributed by atoms with Gasteiger partial charge in [0.1, 0.15) is 23.7 Å². The first-order chi connectivity index (χ1) is 17.5. The van der Waals surface area contributed by atoms with Crippen LogP contribution < -0.4 is 4.74 Å². The Kier molecular flexibility index (Phi) is 7.30. The first kappa shape index (κ1) is 26.6. The van der Waals surface area contributed by atoms with Gasteiger partial charge < -0.3 is 14.4 Å². The van der Waals surface area contributed by atoms with Crippen molar-refractivity contribution in [3.8, 4) is 5.75 Å². The highest BCUT2D eigenvalue weighted by atomic mass is 32.2. The van der Waals surface area contributed by atoms with Crippen LogP contribution in [0.5, 0.6) is 5.75 Å². The Hall–Kier alpha value is -3.43. The van der Waals surface area contributed by atoms with Crippen molar-refractivity contribution < 1.29 is 22.7 Å². The second kappa shape index (κ2) is 10.1. The van der Waals surface area contributed by atoms with E-state index in [1.807, 2.05) is 51.1 Å². The fraction of sp³-hybridized carbons (Fsp3) is 0.357. The number of likely N-dealkylation sites (tertiary alicyclic amines) is 1. The molecule has 0 N–H and O–H groups in total. The summed E-state index contributed by atoms with van der Waals surface area (Å²) < 4.78 is 39.7. The van der Waals surface area contributed by atoms with Gasteiger partial charge in [-0.25, -0.2) is 8.42 Å². The van der Waals surface area contributed by atoms with Crippen LogP contribution in [0.4, 0.5) is 0 Å². The molecule has 4 rings (SSSR count). The highest BCUT2D eigenvalue weighted by molar-refractivity contribution is 7.89. The summed E-state index contributed by atoms with van der Waals surface area (Å²) in [5.74, 6) is 0.626. The van der Waals surface area contributed by atoms with Gasteiger partial charge in [0.2, 0.25) is 15.9 Å². The number of ether oxygens (including phenoxy) is 2. The first-order valence-corrected chi connectivity index (χ1v) is 13.5. The van der Waals surface area contributed by atoms with E-state index in [1.54, 1.807) is 17.0 Å². The predicted molar refractivity (Wildman–Crippen MR) is 143 cm³/mol. The van der Waals surface area contributed by atoms with E-state index in [0.29, 0.717) is 18.1 Å². The topological polar surface area (TPSA) is 89.0 Å². The highest BCUT2D eigenvalue weighted by Gasteiger charge is 2.55. The summed E-state index contributed by atoms with van der Waals surface area (Å²) in [6.45, 7) is 10.2. The zero-order valence-corrected chi connectivity index (χ0v) is 22.7. The van der Waals surface area contributed by atoms with Crippen LogP contribution in [-0.2, 0) is 26.2 Å². The van der Waals surface area contributed by atoms with Gasteiger partial charge in [0.15, 0.2) is 0 Å². The number of hydrogen-bond donors (Lipinski definition) is 0. The molecule has 1 aliphatic rings. The van der Waals surface area contributed by atoms with E-state index in [1.165, 1.54) is 30.6 Å². The molecule has 1 aliphatic heterocycles. The Morgan fingerprint density at radius 3 is 2.43 bits per heavy atom. The monoisotopic (exact) mass is 523 g/mol. The molecule has 1 aromatic heterocycles. The second-order valence-corrected chi connectivity index (χ2v) is 11.6. The van der Waals surface area contributed by atoms with Gasteiger partial charge >= 0.3 is 0 Å². The third kappa shape index (κ3) is 4.93. The van der Waals surface area contributed by atoms with Gasteiger partial charge in [-0.15, -0.1) is 0 Å². The molecular formula is C28H33N3O5S. The maximum atomic E-state index is 13.6. The SMILES string of the molecule is C=C(OC)C1(N(C)S(=O)(=O)c2ccc(OCc3cc(C)nc4ccccc34)cc2)CN(C(=O)C(C)C)C1. The number of para-hydroxylation sites is 1. The number of benzene rings is 2. The summed E-state index contributed by atoms with van der Waals surface area (Å²) >= 11 is 0. The van der Waals surface area contributed by atoms with Gasteiger partial charge in [0, 0.05) is 42.7 Å². The van der Waals surface area contributed by atoms with Gasteiger partial charge in [0.25, 0.3) is 0 Å². The number of hydrogen-bond acceptors (Lipinski definition) is 6. The van der Waals surface area contributed by atoms with Crippen LogP contribution in [0.3, 0.4) is 0 Å². The minimum absolute atomic E-state index is 0.0380. The standard InChI is InChI=1S/C28H33N3O5S/c1-19(2)27(32)31-17-28(18-31,21(4)35-6)30(5)37(33,34)24-13-11-23(12-14-24)36-16-22-15-20(3)29-26-10-8-7-9-25(22)26/h7-15,19H,4,16-18H2,1-3,5-6H3. The Morgan fingerprint density at radius 1 is 1.16 bits per heavy atom. The lowest BCUT2D eigenvalue weighted by atomic mass is 9.87. The van der Waals surface area contributed by atoms with Gasteiger partial charge in [-0.1, -0.05) is 38.6 Å². The first-order valence-electron chi connectivity index (χ1n) is 12.1. The third-order valence-corrected chi connectivity index (χ3v) is 8.82. The number of nitrogens with zero attached hydrogens (tertiary/aromatic N) is 3. The molecule has 0 atom stereocenters. The summed E-state index contributed by atoms with van der Waals surface area (Å²) in [5, 5.41) is 1.02. The Bertz CT molecular complexity index is 1430. The molecule has 0 saturated carbocycles. The van der Waals surface area contributed by atoms with Gasteiger partial charge in [-0.2, -0.15) is 4.31 Å². The fourth-order valence-corrected chi connectivity index (χ4v) is 6.09. The van der Waals surface area contributed by atoms with Crippen molar-refractivity contribution in [1.82, 2.24) is 14.2 Å². The van der Waals surface area contributed by atoms with Crippen LogP contribution in [0, 0.1) is 12.8 Å². The molecule has 196 valence electrons. The quantitative estimate of drug-likeness (QED) is 0.392. The maximum Gasteiger partial charge on any atom is 0.243 e. The summed E-state index contributed by atoms with van der Waals surface area (Å²) in [6.07, 6.45) is 0. The number of carbonyl (C=O) groups excluding carboxylic acids is 1. The average molecular weight is 524 g/mol. The van der Waals surface area contributed by atoms with Crippen molar-refractivity contribution in [2.75, 3.05) is 27.2 Å². The zero-order chi connectivity index (χ0) is 27.0. The second-order valence-electron chi connectivity index (χ2n) is 9.68. The Balaban J connectivity index is 1.51. The number of sulfonamides is 1. The van der Waals surface area contributed by atoms with Gasteiger partial charge in [-0.05, 0) is 43.3 Å². The number of carbonyl (C=O) groups is 1. The number of fused-ring (bicyclic) bond motifs is 1. The van der Waals surface area contributed by atoms with Crippen molar-refractivity contribution in [2.24, 2.45) is 5.92 Å². The van der Waals surface area contributed by atoms with Crippen LogP contribution in [0.2, 0.25) is 0 Å². The normalized spacial score (nSPS) is 15.1. The maximum absolute atomic E-state index is 13.6. The molecule has 0 unspecified atom stereocenters. The minimum Gasteiger partial charge on any atom is -0.500 e. The summed E-state index contributed by atoms with van der Waals surface area (Å²) in [4.78, 5) is 18.7. The summed E-state index contributed by atoms with van der Waals surface area (Å²) in [6, 6.07) is 16.2. The van der Waals surface area contributed by atoms with Crippen LogP contribution in [-0.4, -0.2) is 61.3 Å². The molecule has 2 aromatic carbocycles. The van der Waals surface area contributed by atoms with Crippen LogP contribution in [0.1, 0.15) is 25.1 Å². The summed E-state index contributed by atoms with van der Waals surface area (Å²) in [7, 11) is -0.956.